The van der Waals surface area contributed by atoms with Gasteiger partial charge in [0.2, 0.25) is 65.0 Å². The summed E-state index contributed by atoms with van der Waals surface area (Å²) in [6, 6.07) is -12.5. The molecule has 11 amide bonds. The van der Waals surface area contributed by atoms with Crippen LogP contribution in [-0.4, -0.2) is 238 Å². The minimum Gasteiger partial charge on any atom is -0.392 e. The Morgan fingerprint density at radius 2 is 0.872 bits per heavy atom. The van der Waals surface area contributed by atoms with Crippen LogP contribution in [0.25, 0.3) is 0 Å². The number of allylic oxidation sites excluding steroid dienone is 1. The minimum atomic E-state index is -1.67. The number of carbonyl (C=O) groups excluding carboxylic acids is 11. The molecular formula is C62H111N11O13. The Kier molecular flexibility index (Phi) is 32.2. The summed E-state index contributed by atoms with van der Waals surface area (Å²) in [5.41, 5.74) is 0. The lowest BCUT2D eigenvalue weighted by atomic mass is 9.91. The molecule has 1 fully saturated rings. The van der Waals surface area contributed by atoms with Crippen LogP contribution in [-0.2, 0) is 52.7 Å². The van der Waals surface area contributed by atoms with Crippen molar-refractivity contribution >= 4 is 65.0 Å². The summed E-state index contributed by atoms with van der Waals surface area (Å²) in [5, 5.41) is 32.5. The number of nitrogens with one attached hydrogen (secondary N) is 4. The largest absolute Gasteiger partial charge is 0.392 e. The zero-order valence-corrected chi connectivity index (χ0v) is 56.2. The van der Waals surface area contributed by atoms with Crippen molar-refractivity contribution in [3.63, 3.8) is 0 Å². The van der Waals surface area contributed by atoms with Gasteiger partial charge in [-0.05, 0) is 93.8 Å². The van der Waals surface area contributed by atoms with Gasteiger partial charge in [-0.1, -0.05) is 109 Å². The van der Waals surface area contributed by atoms with Crippen molar-refractivity contribution in [2.45, 2.75) is 216 Å². The number of rotatable bonds is 16. The Labute approximate surface area is 513 Å². The number of aliphatic hydroxyl groups is 2. The van der Waals surface area contributed by atoms with Crippen molar-refractivity contribution in [3.8, 4) is 0 Å². The molecule has 12 atom stereocenters. The van der Waals surface area contributed by atoms with Gasteiger partial charge in [0.05, 0.1) is 19.3 Å². The molecule has 492 valence electrons. The number of likely N-dealkylation sites (N-methyl/N-ethyl adjacent to an activating group) is 7. The van der Waals surface area contributed by atoms with Gasteiger partial charge >= 0.3 is 0 Å². The summed E-state index contributed by atoms with van der Waals surface area (Å²) in [7, 11) is 9.80. The lowest BCUT2D eigenvalue weighted by Crippen LogP contribution is -2.63. The van der Waals surface area contributed by atoms with Crippen molar-refractivity contribution in [2.75, 3.05) is 62.5 Å². The van der Waals surface area contributed by atoms with E-state index in [0.29, 0.717) is 0 Å². The summed E-state index contributed by atoms with van der Waals surface area (Å²) in [4.78, 5) is 168. The first kappa shape index (κ1) is 77.8. The van der Waals surface area contributed by atoms with E-state index in [0.717, 1.165) is 9.80 Å². The van der Waals surface area contributed by atoms with Crippen molar-refractivity contribution < 1.29 is 63.0 Å². The molecule has 24 heteroatoms. The van der Waals surface area contributed by atoms with Gasteiger partial charge < -0.3 is 65.8 Å². The van der Waals surface area contributed by atoms with E-state index >= 15 is 9.59 Å². The van der Waals surface area contributed by atoms with Crippen molar-refractivity contribution in [1.29, 1.82) is 0 Å². The topological polar surface area (TPSA) is 299 Å². The van der Waals surface area contributed by atoms with Gasteiger partial charge in [0.25, 0.3) is 0 Å². The molecule has 0 spiro atoms. The molecule has 0 aliphatic carbocycles. The highest BCUT2D eigenvalue weighted by molar-refractivity contribution is 5.99. The quantitative estimate of drug-likeness (QED) is 0.121. The maximum atomic E-state index is 15.1. The van der Waals surface area contributed by atoms with E-state index in [1.165, 1.54) is 93.8 Å². The van der Waals surface area contributed by atoms with Gasteiger partial charge in [-0.25, -0.2) is 0 Å². The molecule has 1 heterocycles. The molecule has 0 aromatic rings. The van der Waals surface area contributed by atoms with Gasteiger partial charge in [-0.3, -0.25) is 52.7 Å². The first-order valence-corrected chi connectivity index (χ1v) is 30.7. The average Bonchev–Trinajstić information content (AvgIpc) is 1.45. The van der Waals surface area contributed by atoms with Gasteiger partial charge in [0.15, 0.2) is 0 Å². The molecular weight excluding hydrogens is 1110 g/mol. The highest BCUT2D eigenvalue weighted by Crippen LogP contribution is 2.26. The maximum absolute atomic E-state index is 15.1. The fourth-order valence-electron chi connectivity index (χ4n) is 10.7. The molecule has 6 N–H and O–H groups in total. The van der Waals surface area contributed by atoms with E-state index in [2.05, 4.69) is 21.3 Å². The molecule has 1 aliphatic rings. The summed E-state index contributed by atoms with van der Waals surface area (Å²) in [6.45, 7) is 27.0. The molecule has 0 aromatic heterocycles. The third-order valence-corrected chi connectivity index (χ3v) is 16.1. The van der Waals surface area contributed by atoms with Crippen LogP contribution in [0.3, 0.4) is 0 Å². The molecule has 0 aromatic carbocycles. The molecule has 0 radical (unpaired) electrons. The van der Waals surface area contributed by atoms with Crippen LogP contribution in [0, 0.1) is 41.4 Å². The van der Waals surface area contributed by atoms with E-state index in [9.17, 15) is 53.4 Å². The molecule has 86 heavy (non-hydrogen) atoms. The van der Waals surface area contributed by atoms with Gasteiger partial charge in [0, 0.05) is 49.3 Å². The molecule has 1 rings (SSSR count). The SMILES string of the molecule is CC[C@@H]1NC(=O)[C@H]([C@H](O)[C@H](C)C/C=C/CO)N(C)C(=O)[C@H](C(C)C)N(C)C(=O)[C@H](CC(C)C)N(C)C(=O)[C@H](CC(C)C)N(C)C(=O)[C@@H](C)NC(=O)[C@H](C)NC(=O)[C@H](CC(C)C)N(C)C(=O)[C@H](C(C)C)NC(=O)[C@H](CC(C)C)N(C)C(=O)CN(C)C1=O. The second kappa shape index (κ2) is 35.6. The van der Waals surface area contributed by atoms with Crippen molar-refractivity contribution in [3.05, 3.63) is 12.2 Å². The Balaban J connectivity index is 4.33. The van der Waals surface area contributed by atoms with Crippen LogP contribution in [0.2, 0.25) is 0 Å². The number of aliphatic hydroxyl groups excluding tert-OH is 2. The predicted molar refractivity (Wildman–Crippen MR) is 330 cm³/mol. The van der Waals surface area contributed by atoms with Gasteiger partial charge in [-0.15, -0.1) is 0 Å². The van der Waals surface area contributed by atoms with E-state index < -0.39 is 156 Å². The summed E-state index contributed by atoms with van der Waals surface area (Å²) >= 11 is 0. The number of hydrogen-bond donors (Lipinski definition) is 6. The highest BCUT2D eigenvalue weighted by Gasteiger charge is 2.45. The Hall–Kier alpha value is -6.17. The van der Waals surface area contributed by atoms with Crippen molar-refractivity contribution in [2.24, 2.45) is 41.4 Å². The summed E-state index contributed by atoms with van der Waals surface area (Å²) < 4.78 is 0. The highest BCUT2D eigenvalue weighted by atomic mass is 16.3. The number of hydrogen-bond acceptors (Lipinski definition) is 13. The number of carbonyl (C=O) groups is 11. The molecule has 0 unspecified atom stereocenters. The number of amides is 11. The van der Waals surface area contributed by atoms with E-state index in [1.54, 1.807) is 47.6 Å². The first-order valence-electron chi connectivity index (χ1n) is 30.7. The Morgan fingerprint density at radius 1 is 0.453 bits per heavy atom. The molecule has 24 nitrogen and oxygen atoms in total. The van der Waals surface area contributed by atoms with Crippen molar-refractivity contribution in [1.82, 2.24) is 55.6 Å². The van der Waals surface area contributed by atoms with Gasteiger partial charge in [-0.2, -0.15) is 0 Å². The fourth-order valence-corrected chi connectivity index (χ4v) is 10.7. The van der Waals surface area contributed by atoms with Crippen LogP contribution >= 0.6 is 0 Å². The van der Waals surface area contributed by atoms with Crippen LogP contribution < -0.4 is 21.3 Å². The van der Waals surface area contributed by atoms with Gasteiger partial charge in [0.1, 0.15) is 60.4 Å². The van der Waals surface area contributed by atoms with Crippen LogP contribution in [0.4, 0.5) is 0 Å². The predicted octanol–water partition coefficient (Wildman–Crippen LogP) is 2.24. The van der Waals surface area contributed by atoms with E-state index in [-0.39, 0.29) is 68.8 Å². The van der Waals surface area contributed by atoms with Crippen LogP contribution in [0.1, 0.15) is 149 Å². The van der Waals surface area contributed by atoms with Crippen LogP contribution in [0.15, 0.2) is 12.2 Å². The van der Waals surface area contributed by atoms with Crippen LogP contribution in [0.5, 0.6) is 0 Å². The second-order valence-corrected chi connectivity index (χ2v) is 26.2. The van der Waals surface area contributed by atoms with E-state index in [1.807, 2.05) is 55.4 Å². The Morgan fingerprint density at radius 3 is 1.33 bits per heavy atom. The summed E-state index contributed by atoms with van der Waals surface area (Å²) in [5.74, 6) is -10.1. The zero-order chi connectivity index (χ0) is 66.7. The summed E-state index contributed by atoms with van der Waals surface area (Å²) in [6.07, 6.45) is 2.22. The molecule has 0 bridgehead atoms. The second-order valence-electron chi connectivity index (χ2n) is 26.2. The number of nitrogens with zero attached hydrogens (tertiary/aromatic N) is 7. The smallest absolute Gasteiger partial charge is 0.246 e. The molecule has 0 saturated carbocycles. The van der Waals surface area contributed by atoms with E-state index in [4.69, 9.17) is 0 Å². The lowest BCUT2D eigenvalue weighted by Gasteiger charge is -2.41. The normalized spacial score (nSPS) is 26.7. The first-order chi connectivity index (χ1) is 39.7. The molecule has 1 aliphatic heterocycles. The Bertz CT molecular complexity index is 2350. The standard InChI is InChI=1S/C62H111N11O13/c1-24-43-58(82)67(17)33-48(75)68(18)44(29-34(2)3)55(79)66-49(38(10)11)61(85)69(19)45(30-35(4)5)54(78)63-41(15)53(77)64-42(16)57(81)70(20)46(31-36(6)7)59(83)71(21)47(32-37(8)9)60(84)72(22)50(39(12)13)62(86)73(23)51(56(80)65-43)52(76)40(14)27-25-26-28-74/h25-26,34-47,49-52,74,76H,24,27-33H2,1-23H3,(H,63,78)(H,64,77)(H,65,80)(H,66,79)/b26-25+/t40-,41+,42-,43+,44+,45+,46+,47+,49+,50+,51+,52-/m1/s1. The maximum Gasteiger partial charge on any atom is 0.246 e. The third kappa shape index (κ3) is 21.9. The fraction of sp³-hybridized carbons (Fsp3) is 0.790. The lowest BCUT2D eigenvalue weighted by molar-refractivity contribution is -0.157. The average molecular weight is 1220 g/mol. The minimum absolute atomic E-state index is 0.00425. The third-order valence-electron chi connectivity index (χ3n) is 16.1. The zero-order valence-electron chi connectivity index (χ0n) is 56.2. The monoisotopic (exact) mass is 1220 g/mol. The molecule has 1 saturated heterocycles.